The zero-order valence-electron chi connectivity index (χ0n) is 28.4. The molecule has 13 rings (SSSR count). The molecule has 2 N–H and O–H groups in total. The summed E-state index contributed by atoms with van der Waals surface area (Å²) < 4.78 is 20.5. The number of carbonyl (C=O) groups is 1. The molecule has 0 amide bonds. The summed E-state index contributed by atoms with van der Waals surface area (Å²) in [5, 5.41) is 16.1. The predicted molar refractivity (Wildman–Crippen MR) is 180 cm³/mol. The van der Waals surface area contributed by atoms with Gasteiger partial charge in [-0.3, -0.25) is 9.80 Å². The van der Waals surface area contributed by atoms with Gasteiger partial charge in [0.15, 0.2) is 5.72 Å². The van der Waals surface area contributed by atoms with E-state index in [-0.39, 0.29) is 64.2 Å². The molecule has 8 fully saturated rings. The normalized spacial score (nSPS) is 52.4. The second kappa shape index (κ2) is 7.92. The molecule has 2 aromatic rings. The van der Waals surface area contributed by atoms with Gasteiger partial charge < -0.3 is 29.5 Å². The number of ether oxygens (including phenoxy) is 3. The zero-order chi connectivity index (χ0) is 32.7. The number of carbonyl (C=O) groups excluding carboxylic acids is 1. The quantitative estimate of drug-likeness (QED) is 0.379. The molecule has 6 bridgehead atoms. The van der Waals surface area contributed by atoms with Crippen LogP contribution in [0.3, 0.4) is 0 Å². The molecule has 9 aliphatic heterocycles. The van der Waals surface area contributed by atoms with Crippen molar-refractivity contribution < 1.29 is 24.1 Å². The number of anilines is 2. The molecular weight excluding hydrogens is 616 g/mol. The van der Waals surface area contributed by atoms with Crippen molar-refractivity contribution in [2.24, 2.45) is 11.3 Å². The van der Waals surface area contributed by atoms with Gasteiger partial charge in [0.05, 0.1) is 59.0 Å². The van der Waals surface area contributed by atoms with E-state index in [0.717, 1.165) is 68.7 Å². The topological polar surface area (TPSA) is 90.0 Å². The third-order valence-electron chi connectivity index (χ3n) is 16.9. The molecule has 9 heteroatoms. The molecule has 9 nitrogen and oxygen atoms in total. The number of rotatable bonds is 3. The summed E-state index contributed by atoms with van der Waals surface area (Å²) in [5.74, 6) is -0.0412. The lowest BCUT2D eigenvalue weighted by Gasteiger charge is -2.66. The molecule has 1 saturated carbocycles. The van der Waals surface area contributed by atoms with E-state index in [0.29, 0.717) is 6.42 Å². The van der Waals surface area contributed by atoms with Gasteiger partial charge in [0.25, 0.3) is 0 Å². The van der Waals surface area contributed by atoms with Crippen molar-refractivity contribution in [2.75, 3.05) is 37.0 Å². The molecule has 0 radical (unpaired) electrons. The first kappa shape index (κ1) is 27.7. The Balaban J connectivity index is 1.19. The lowest BCUT2D eigenvalue weighted by molar-refractivity contribution is -0.208. The molecule has 14 atom stereocenters. The van der Waals surface area contributed by atoms with Gasteiger partial charge in [0, 0.05) is 60.0 Å². The SMILES string of the molecule is CC[C@]12C[C@]34CC(C(=O)OC)=C5Nc6ccccc6[C@]56CCN3[C@H]1[C@@H]1C[C@]3(C(C)O)[C@@H]5O[C@@H]5CN5CC[C@@]7(c8ccccc8N([C@H]46)[C@@]17O2)[C@@H]53. The first-order valence-corrected chi connectivity index (χ1v) is 18.9. The van der Waals surface area contributed by atoms with Crippen LogP contribution in [0.15, 0.2) is 59.8 Å². The molecular formula is C40H44N4O5. The maximum Gasteiger partial charge on any atom is 0.335 e. The minimum absolute atomic E-state index is 0.0545. The predicted octanol–water partition coefficient (Wildman–Crippen LogP) is 3.66. The van der Waals surface area contributed by atoms with Gasteiger partial charge >= 0.3 is 5.97 Å². The number of aliphatic hydroxyl groups excluding tert-OH is 1. The summed E-state index contributed by atoms with van der Waals surface area (Å²) in [7, 11) is 1.54. The van der Waals surface area contributed by atoms with Gasteiger partial charge in [-0.15, -0.1) is 0 Å². The van der Waals surface area contributed by atoms with Crippen LogP contribution >= 0.6 is 0 Å². The van der Waals surface area contributed by atoms with Gasteiger partial charge in [0.2, 0.25) is 0 Å². The highest BCUT2D eigenvalue weighted by molar-refractivity contribution is 5.94. The second-order valence-electron chi connectivity index (χ2n) is 17.7. The zero-order valence-corrected chi connectivity index (χ0v) is 28.4. The summed E-state index contributed by atoms with van der Waals surface area (Å²) >= 11 is 0. The molecule has 49 heavy (non-hydrogen) atoms. The Hall–Kier alpha value is -2.95. The van der Waals surface area contributed by atoms with Crippen molar-refractivity contribution in [3.63, 3.8) is 0 Å². The first-order valence-electron chi connectivity index (χ1n) is 18.9. The van der Waals surface area contributed by atoms with Gasteiger partial charge in [-0.2, -0.15) is 0 Å². The minimum atomic E-state index is -0.583. The lowest BCUT2D eigenvalue weighted by atomic mass is 9.46. The number of para-hydroxylation sites is 2. The highest BCUT2D eigenvalue weighted by atomic mass is 16.6. The molecule has 4 spiro atoms. The molecule has 9 heterocycles. The van der Waals surface area contributed by atoms with Crippen LogP contribution in [0.2, 0.25) is 0 Å². The van der Waals surface area contributed by atoms with E-state index < -0.39 is 17.2 Å². The Kier molecular flexibility index (Phi) is 4.48. The van der Waals surface area contributed by atoms with Crippen LogP contribution in [-0.2, 0) is 29.8 Å². The highest BCUT2D eigenvalue weighted by Gasteiger charge is 2.93. The maximum atomic E-state index is 14.0. The molecule has 2 unspecified atom stereocenters. The van der Waals surface area contributed by atoms with Crippen LogP contribution in [0.1, 0.15) is 63.5 Å². The number of hydrogen-bond acceptors (Lipinski definition) is 9. The van der Waals surface area contributed by atoms with Crippen molar-refractivity contribution in [2.45, 2.75) is 117 Å². The number of esters is 1. The summed E-state index contributed by atoms with van der Waals surface area (Å²) in [6.45, 7) is 7.29. The van der Waals surface area contributed by atoms with Crippen molar-refractivity contribution in [1.82, 2.24) is 9.80 Å². The molecule has 254 valence electrons. The number of epoxide rings is 1. The highest BCUT2D eigenvalue weighted by Crippen LogP contribution is 2.83. The van der Waals surface area contributed by atoms with E-state index in [1.165, 1.54) is 23.9 Å². The van der Waals surface area contributed by atoms with Crippen LogP contribution < -0.4 is 10.2 Å². The fraction of sp³-hybridized carbons (Fsp3) is 0.625. The molecule has 2 aromatic carbocycles. The fourth-order valence-electron chi connectivity index (χ4n) is 16.0. The number of piperidine rings is 2. The second-order valence-corrected chi connectivity index (χ2v) is 17.7. The Morgan fingerprint density at radius 1 is 1.10 bits per heavy atom. The fourth-order valence-corrected chi connectivity index (χ4v) is 16.0. The first-order chi connectivity index (χ1) is 23.8. The van der Waals surface area contributed by atoms with Crippen molar-refractivity contribution in [3.8, 4) is 0 Å². The number of methoxy groups -OCH3 is 1. The number of aliphatic hydroxyl groups is 1. The summed E-state index contributed by atoms with van der Waals surface area (Å²) in [4.78, 5) is 22.5. The Labute approximate surface area is 286 Å². The van der Waals surface area contributed by atoms with E-state index in [4.69, 9.17) is 14.2 Å². The van der Waals surface area contributed by atoms with Gasteiger partial charge in [-0.1, -0.05) is 43.3 Å². The van der Waals surface area contributed by atoms with Crippen molar-refractivity contribution >= 4 is 17.3 Å². The van der Waals surface area contributed by atoms with Gasteiger partial charge in [0.1, 0.15) is 0 Å². The Morgan fingerprint density at radius 3 is 2.73 bits per heavy atom. The average Bonchev–Trinajstić information content (AvgIpc) is 3.36. The molecule has 11 aliphatic rings. The van der Waals surface area contributed by atoms with Gasteiger partial charge in [-0.05, 0) is 68.8 Å². The van der Waals surface area contributed by atoms with E-state index in [1.807, 2.05) is 0 Å². The van der Waals surface area contributed by atoms with Crippen molar-refractivity contribution in [3.05, 3.63) is 70.9 Å². The lowest BCUT2D eigenvalue weighted by Crippen LogP contribution is -2.79. The standard InChI is InChI=1S/C40H44N4O5/c1-4-36-20-35-17-22(32(46)47-3)29-37(23-9-5-7-11-26(23)41-29)13-16-43(35)30(36)25-18-38(21(2)45)31-28(48-31)19-42-15-14-39(34(38)42)24-10-6-8-12-27(24)44(33(35)37)40(25,39)49-36/h5-12,21,25,28,30-31,33-34,41,45H,4,13-20H2,1-3H3/t21?,25-,28+,30-,31+,33+,34-,35-,36-,37+,38-,39+,40+/m0/s1. The number of hydrogen-bond donors (Lipinski definition) is 2. The number of fused-ring (bicyclic) bond motifs is 5. The third-order valence-corrected chi connectivity index (χ3v) is 16.9. The van der Waals surface area contributed by atoms with E-state index >= 15 is 0 Å². The monoisotopic (exact) mass is 660 g/mol. The van der Waals surface area contributed by atoms with Crippen molar-refractivity contribution in [1.29, 1.82) is 0 Å². The largest absolute Gasteiger partial charge is 0.466 e. The average molecular weight is 661 g/mol. The van der Waals surface area contributed by atoms with Gasteiger partial charge in [-0.25, -0.2) is 4.79 Å². The smallest absolute Gasteiger partial charge is 0.335 e. The summed E-state index contributed by atoms with van der Waals surface area (Å²) in [6.07, 6.45) is 5.06. The summed E-state index contributed by atoms with van der Waals surface area (Å²) in [5.41, 5.74) is 4.60. The van der Waals surface area contributed by atoms with E-state index in [1.54, 1.807) is 0 Å². The van der Waals surface area contributed by atoms with Crippen LogP contribution in [-0.4, -0.2) is 101 Å². The molecule has 0 aromatic heterocycles. The van der Waals surface area contributed by atoms with Crippen LogP contribution in [0.5, 0.6) is 0 Å². The molecule has 2 aliphatic carbocycles. The van der Waals surface area contributed by atoms with Crippen LogP contribution in [0.4, 0.5) is 11.4 Å². The number of nitrogens with zero attached hydrogens (tertiary/aromatic N) is 3. The van der Waals surface area contributed by atoms with E-state index in [2.05, 4.69) is 82.4 Å². The minimum Gasteiger partial charge on any atom is -0.466 e. The van der Waals surface area contributed by atoms with E-state index in [9.17, 15) is 9.90 Å². The van der Waals surface area contributed by atoms with Crippen LogP contribution in [0, 0.1) is 11.3 Å². The maximum absolute atomic E-state index is 14.0. The third kappa shape index (κ3) is 2.39. The number of benzene rings is 2. The Morgan fingerprint density at radius 2 is 1.92 bits per heavy atom. The molecule has 7 saturated heterocycles. The summed E-state index contributed by atoms with van der Waals surface area (Å²) in [6, 6.07) is 18.5. The number of nitrogens with one attached hydrogen (secondary N) is 1. The Bertz CT molecular complexity index is 1980. The van der Waals surface area contributed by atoms with Crippen LogP contribution in [0.25, 0.3) is 0 Å².